The second-order valence-corrected chi connectivity index (χ2v) is 5.87. The molecule has 1 aliphatic carbocycles. The molecule has 0 bridgehead atoms. The van der Waals surface area contributed by atoms with Crippen molar-refractivity contribution in [3.05, 3.63) is 60.4 Å². The molecule has 1 N–H and O–H groups in total. The molecule has 2 aromatic heterocycles. The van der Waals surface area contributed by atoms with E-state index in [4.69, 9.17) is 8.83 Å². The number of carbonyl (C=O) groups is 1. The lowest BCUT2D eigenvalue weighted by Crippen LogP contribution is -2.27. The first-order valence-electron chi connectivity index (χ1n) is 8.00. The molecular formula is C18H17N3O3. The lowest BCUT2D eigenvalue weighted by atomic mass is 10.2. The monoisotopic (exact) mass is 323 g/mol. The van der Waals surface area contributed by atoms with Gasteiger partial charge in [-0.25, -0.2) is 0 Å². The second-order valence-electron chi connectivity index (χ2n) is 5.87. The third-order valence-corrected chi connectivity index (χ3v) is 4.16. The van der Waals surface area contributed by atoms with Crippen molar-refractivity contribution in [2.45, 2.75) is 18.8 Å². The molecule has 2 heterocycles. The van der Waals surface area contributed by atoms with Gasteiger partial charge in [-0.1, -0.05) is 18.2 Å². The third-order valence-electron chi connectivity index (χ3n) is 4.16. The molecule has 0 radical (unpaired) electrons. The van der Waals surface area contributed by atoms with Crippen LogP contribution in [0.2, 0.25) is 0 Å². The molecule has 6 nitrogen and oxygen atoms in total. The minimum absolute atomic E-state index is 0.0127. The minimum atomic E-state index is 0.0127. The third kappa shape index (κ3) is 3.08. The van der Waals surface area contributed by atoms with Crippen LogP contribution in [-0.4, -0.2) is 22.6 Å². The van der Waals surface area contributed by atoms with Gasteiger partial charge in [-0.15, -0.1) is 10.2 Å². The molecule has 3 aromatic rings. The number of hydrogen-bond acceptors (Lipinski definition) is 5. The van der Waals surface area contributed by atoms with E-state index < -0.39 is 0 Å². The van der Waals surface area contributed by atoms with Gasteiger partial charge in [-0.05, 0) is 30.7 Å². The fourth-order valence-electron chi connectivity index (χ4n) is 2.78. The molecule has 0 aliphatic heterocycles. The Labute approximate surface area is 138 Å². The van der Waals surface area contributed by atoms with Crippen LogP contribution >= 0.6 is 0 Å². The molecule has 2 atom stereocenters. The number of furan rings is 1. The van der Waals surface area contributed by atoms with Crippen LogP contribution in [0.3, 0.4) is 0 Å². The maximum atomic E-state index is 12.1. The number of nitrogens with one attached hydrogen (secondary N) is 1. The van der Waals surface area contributed by atoms with Crippen LogP contribution in [0.4, 0.5) is 0 Å². The van der Waals surface area contributed by atoms with Crippen molar-refractivity contribution in [3.63, 3.8) is 0 Å². The topological polar surface area (TPSA) is 81.2 Å². The summed E-state index contributed by atoms with van der Waals surface area (Å²) >= 11 is 0. The van der Waals surface area contributed by atoms with E-state index in [-0.39, 0.29) is 17.7 Å². The Morgan fingerprint density at radius 1 is 1.17 bits per heavy atom. The van der Waals surface area contributed by atoms with E-state index in [1.165, 1.54) is 0 Å². The lowest BCUT2D eigenvalue weighted by molar-refractivity contribution is -0.122. The molecular weight excluding hydrogens is 306 g/mol. The summed E-state index contributed by atoms with van der Waals surface area (Å²) < 4.78 is 11.0. The highest BCUT2D eigenvalue weighted by Crippen LogP contribution is 2.47. The number of nitrogens with zero attached hydrogens (tertiary/aromatic N) is 2. The molecule has 0 spiro atoms. The molecule has 24 heavy (non-hydrogen) atoms. The number of hydrogen-bond donors (Lipinski definition) is 1. The molecule has 1 aromatic carbocycles. The second kappa shape index (κ2) is 6.31. The summed E-state index contributed by atoms with van der Waals surface area (Å²) in [7, 11) is 0. The van der Waals surface area contributed by atoms with Crippen LogP contribution in [0.15, 0.2) is 57.6 Å². The normalized spacial score (nSPS) is 19.2. The Morgan fingerprint density at radius 2 is 2.04 bits per heavy atom. The summed E-state index contributed by atoms with van der Waals surface area (Å²) in [6, 6.07) is 13.4. The Balaban J connectivity index is 1.26. The number of aromatic nitrogens is 2. The number of benzene rings is 1. The molecule has 122 valence electrons. The van der Waals surface area contributed by atoms with Crippen molar-refractivity contribution >= 4 is 5.91 Å². The lowest BCUT2D eigenvalue weighted by Gasteiger charge is -2.02. The summed E-state index contributed by atoms with van der Waals surface area (Å²) in [5, 5.41) is 11.0. The van der Waals surface area contributed by atoms with Crippen LogP contribution in [-0.2, 0) is 11.2 Å². The summed E-state index contributed by atoms with van der Waals surface area (Å²) in [5.41, 5.74) is 0.888. The first-order valence-corrected chi connectivity index (χ1v) is 8.00. The zero-order valence-corrected chi connectivity index (χ0v) is 13.0. The van der Waals surface area contributed by atoms with Gasteiger partial charge in [-0.3, -0.25) is 4.79 Å². The SMILES string of the molecule is O=C(NCCc1nnc(-c2ccccc2)o1)[C@@H]1C[C@@H]1c1ccco1. The zero-order valence-electron chi connectivity index (χ0n) is 13.0. The summed E-state index contributed by atoms with van der Waals surface area (Å²) in [4.78, 5) is 12.1. The molecule has 1 aliphatic rings. The quantitative estimate of drug-likeness (QED) is 0.754. The van der Waals surface area contributed by atoms with Crippen molar-refractivity contribution in [3.8, 4) is 11.5 Å². The smallest absolute Gasteiger partial charge is 0.247 e. The van der Waals surface area contributed by atoms with Crippen LogP contribution < -0.4 is 5.32 Å². The summed E-state index contributed by atoms with van der Waals surface area (Å²) in [5.74, 6) is 2.19. The van der Waals surface area contributed by atoms with E-state index in [1.54, 1.807) is 6.26 Å². The van der Waals surface area contributed by atoms with Gasteiger partial charge in [-0.2, -0.15) is 0 Å². The minimum Gasteiger partial charge on any atom is -0.469 e. The van der Waals surface area contributed by atoms with Crippen molar-refractivity contribution in [2.24, 2.45) is 5.92 Å². The van der Waals surface area contributed by atoms with E-state index >= 15 is 0 Å². The van der Waals surface area contributed by atoms with E-state index in [9.17, 15) is 4.79 Å². The number of amides is 1. The Hall–Kier alpha value is -2.89. The van der Waals surface area contributed by atoms with Gasteiger partial charge >= 0.3 is 0 Å². The Bertz CT molecular complexity index is 811. The van der Waals surface area contributed by atoms with Gasteiger partial charge in [0.15, 0.2) is 0 Å². The average Bonchev–Trinajstić information content (AvgIpc) is 3.01. The van der Waals surface area contributed by atoms with Crippen LogP contribution in [0.5, 0.6) is 0 Å². The standard InChI is InChI=1S/C18H17N3O3/c22-17(14-11-13(14)15-7-4-10-23-15)19-9-8-16-20-21-18(24-16)12-5-2-1-3-6-12/h1-7,10,13-14H,8-9,11H2,(H,19,22)/t13-,14+/m0/s1. The molecule has 1 fully saturated rings. The van der Waals surface area contributed by atoms with Gasteiger partial charge in [0, 0.05) is 30.4 Å². The van der Waals surface area contributed by atoms with E-state index in [0.29, 0.717) is 24.7 Å². The fourth-order valence-corrected chi connectivity index (χ4v) is 2.78. The Kier molecular flexibility index (Phi) is 3.86. The van der Waals surface area contributed by atoms with Gasteiger partial charge in [0.05, 0.1) is 6.26 Å². The van der Waals surface area contributed by atoms with Crippen molar-refractivity contribution in [2.75, 3.05) is 6.54 Å². The van der Waals surface area contributed by atoms with Crippen LogP contribution in [0, 0.1) is 5.92 Å². The van der Waals surface area contributed by atoms with Crippen molar-refractivity contribution < 1.29 is 13.6 Å². The fraction of sp³-hybridized carbons (Fsp3) is 0.278. The first-order chi connectivity index (χ1) is 11.8. The highest BCUT2D eigenvalue weighted by Gasteiger charge is 2.45. The predicted molar refractivity (Wildman–Crippen MR) is 86.0 cm³/mol. The number of rotatable bonds is 6. The van der Waals surface area contributed by atoms with Crippen molar-refractivity contribution in [1.29, 1.82) is 0 Å². The molecule has 1 saturated carbocycles. The van der Waals surface area contributed by atoms with E-state index in [1.807, 2.05) is 42.5 Å². The molecule has 1 amide bonds. The van der Waals surface area contributed by atoms with E-state index in [0.717, 1.165) is 17.7 Å². The summed E-state index contributed by atoms with van der Waals surface area (Å²) in [6.07, 6.45) is 3.00. The molecule has 0 saturated heterocycles. The van der Waals surface area contributed by atoms with Gasteiger partial charge in [0.25, 0.3) is 0 Å². The first kappa shape index (κ1) is 14.7. The van der Waals surface area contributed by atoms with Crippen LogP contribution in [0.1, 0.15) is 24.0 Å². The van der Waals surface area contributed by atoms with Crippen molar-refractivity contribution in [1.82, 2.24) is 15.5 Å². The highest BCUT2D eigenvalue weighted by molar-refractivity contribution is 5.82. The summed E-state index contributed by atoms with van der Waals surface area (Å²) in [6.45, 7) is 0.483. The largest absolute Gasteiger partial charge is 0.469 e. The van der Waals surface area contributed by atoms with Gasteiger partial charge in [0.1, 0.15) is 5.76 Å². The maximum Gasteiger partial charge on any atom is 0.247 e. The predicted octanol–water partition coefficient (Wildman–Crippen LogP) is 2.79. The van der Waals surface area contributed by atoms with Gasteiger partial charge in [0.2, 0.25) is 17.7 Å². The highest BCUT2D eigenvalue weighted by atomic mass is 16.4. The maximum absolute atomic E-state index is 12.1. The Morgan fingerprint density at radius 3 is 2.83 bits per heavy atom. The van der Waals surface area contributed by atoms with Crippen LogP contribution in [0.25, 0.3) is 11.5 Å². The molecule has 0 unspecified atom stereocenters. The molecule has 6 heteroatoms. The zero-order chi connectivity index (χ0) is 16.4. The van der Waals surface area contributed by atoms with E-state index in [2.05, 4.69) is 15.5 Å². The molecule has 4 rings (SSSR count). The average molecular weight is 323 g/mol. The van der Waals surface area contributed by atoms with Gasteiger partial charge < -0.3 is 14.2 Å². The number of carbonyl (C=O) groups excluding carboxylic acids is 1.